The molecule has 1 amide bonds. The fourth-order valence-electron chi connectivity index (χ4n) is 8.03. The summed E-state index contributed by atoms with van der Waals surface area (Å²) in [6.45, 7) is 5.46. The summed E-state index contributed by atoms with van der Waals surface area (Å²) in [5.41, 5.74) is 2.13. The van der Waals surface area contributed by atoms with Crippen LogP contribution in [-0.4, -0.2) is 62.9 Å². The van der Waals surface area contributed by atoms with E-state index in [9.17, 15) is 15.0 Å². The number of carbonyl (C=O) groups excluding carboxylic acids is 1. The number of carbonyl (C=O) groups is 1. The van der Waals surface area contributed by atoms with Crippen LogP contribution in [0.4, 0.5) is 5.69 Å². The van der Waals surface area contributed by atoms with Gasteiger partial charge in [-0.25, -0.2) is 0 Å². The molecule has 1 spiro atoms. The van der Waals surface area contributed by atoms with Crippen LogP contribution >= 0.6 is 0 Å². The summed E-state index contributed by atoms with van der Waals surface area (Å²) in [5, 5.41) is 23.5. The SMILES string of the molecule is CC(=O)N(c1cccnc1C)[C@H]1CC[C@@]2(O)[C@H]3Cc4ccc(O)c5c4[C@@]2(CCN3CC2CC2)[C@H]1O5. The number of hydrogen-bond donors (Lipinski definition) is 2. The van der Waals surface area contributed by atoms with Crippen molar-refractivity contribution in [2.75, 3.05) is 18.0 Å². The fourth-order valence-corrected chi connectivity index (χ4v) is 8.03. The first kappa shape index (κ1) is 21.6. The minimum absolute atomic E-state index is 0.0257. The highest BCUT2D eigenvalue weighted by molar-refractivity contribution is 5.93. The molecule has 7 heteroatoms. The Kier molecular flexibility index (Phi) is 4.45. The Bertz CT molecular complexity index is 1230. The van der Waals surface area contributed by atoms with Gasteiger partial charge in [-0.1, -0.05) is 6.07 Å². The number of benzene rings is 1. The van der Waals surface area contributed by atoms with Gasteiger partial charge in [0.2, 0.25) is 5.91 Å². The number of hydrogen-bond acceptors (Lipinski definition) is 6. The molecular formula is C28H33N3O4. The van der Waals surface area contributed by atoms with Crippen LogP contribution in [0.1, 0.15) is 55.8 Å². The number of phenols is 1. The predicted octanol–water partition coefficient (Wildman–Crippen LogP) is 3.08. The van der Waals surface area contributed by atoms with E-state index in [0.717, 1.165) is 48.8 Å². The van der Waals surface area contributed by atoms with Gasteiger partial charge < -0.3 is 19.8 Å². The summed E-state index contributed by atoms with van der Waals surface area (Å²) in [6, 6.07) is 7.32. The quantitative estimate of drug-likeness (QED) is 0.707. The number of aromatic nitrogens is 1. The van der Waals surface area contributed by atoms with E-state index < -0.39 is 17.1 Å². The molecule has 5 atom stereocenters. The summed E-state index contributed by atoms with van der Waals surface area (Å²) in [7, 11) is 0. The topological polar surface area (TPSA) is 86.1 Å². The molecule has 35 heavy (non-hydrogen) atoms. The highest BCUT2D eigenvalue weighted by Crippen LogP contribution is 2.66. The molecule has 184 valence electrons. The number of piperidine rings is 1. The zero-order valence-corrected chi connectivity index (χ0v) is 20.4. The number of rotatable bonds is 4. The lowest BCUT2D eigenvalue weighted by molar-refractivity contribution is -0.190. The molecule has 2 aliphatic heterocycles. The van der Waals surface area contributed by atoms with E-state index in [1.165, 1.54) is 18.4 Å². The number of amides is 1. The van der Waals surface area contributed by atoms with E-state index in [4.69, 9.17) is 4.74 Å². The fraction of sp³-hybridized carbons (Fsp3) is 0.571. The van der Waals surface area contributed by atoms with Gasteiger partial charge in [0.1, 0.15) is 6.10 Å². The van der Waals surface area contributed by atoms with Crippen LogP contribution in [-0.2, 0) is 16.6 Å². The van der Waals surface area contributed by atoms with Crippen LogP contribution in [0.5, 0.6) is 11.5 Å². The summed E-state index contributed by atoms with van der Waals surface area (Å²) in [4.78, 5) is 22.0. The smallest absolute Gasteiger partial charge is 0.224 e. The third kappa shape index (κ3) is 2.74. The van der Waals surface area contributed by atoms with Crippen LogP contribution in [0.3, 0.4) is 0 Å². The van der Waals surface area contributed by atoms with Gasteiger partial charge in [-0.15, -0.1) is 0 Å². The van der Waals surface area contributed by atoms with Gasteiger partial charge in [0.15, 0.2) is 11.5 Å². The van der Waals surface area contributed by atoms with Crippen molar-refractivity contribution in [2.45, 2.75) is 81.6 Å². The van der Waals surface area contributed by atoms with Gasteiger partial charge in [0, 0.05) is 31.3 Å². The van der Waals surface area contributed by atoms with E-state index in [0.29, 0.717) is 18.6 Å². The van der Waals surface area contributed by atoms with Gasteiger partial charge in [0.25, 0.3) is 0 Å². The van der Waals surface area contributed by atoms with Gasteiger partial charge in [-0.05, 0) is 81.7 Å². The first-order chi connectivity index (χ1) is 16.8. The first-order valence-electron chi connectivity index (χ1n) is 13.0. The van der Waals surface area contributed by atoms with E-state index >= 15 is 0 Å². The number of aryl methyl sites for hydroxylation is 1. The summed E-state index contributed by atoms with van der Waals surface area (Å²) in [5.74, 6) is 1.33. The number of anilines is 1. The second kappa shape index (κ2) is 7.20. The molecule has 1 saturated heterocycles. The van der Waals surface area contributed by atoms with E-state index in [2.05, 4.69) is 9.88 Å². The number of aliphatic hydroxyl groups is 1. The Morgan fingerprint density at radius 1 is 1.26 bits per heavy atom. The lowest BCUT2D eigenvalue weighted by Gasteiger charge is -2.64. The number of ether oxygens (including phenoxy) is 1. The lowest BCUT2D eigenvalue weighted by atomic mass is 9.48. The van der Waals surface area contributed by atoms with Crippen LogP contribution in [0.25, 0.3) is 0 Å². The molecule has 5 aliphatic rings. The van der Waals surface area contributed by atoms with Crippen molar-refractivity contribution >= 4 is 11.6 Å². The maximum Gasteiger partial charge on any atom is 0.224 e. The highest BCUT2D eigenvalue weighted by Gasteiger charge is 2.73. The number of aromatic hydroxyl groups is 1. The molecule has 7 rings (SSSR count). The van der Waals surface area contributed by atoms with Crippen molar-refractivity contribution in [3.63, 3.8) is 0 Å². The molecule has 2 saturated carbocycles. The van der Waals surface area contributed by atoms with Crippen molar-refractivity contribution in [1.29, 1.82) is 0 Å². The molecule has 2 bridgehead atoms. The molecule has 0 unspecified atom stereocenters. The summed E-state index contributed by atoms with van der Waals surface area (Å²) >= 11 is 0. The summed E-state index contributed by atoms with van der Waals surface area (Å²) in [6.07, 6.45) is 6.64. The van der Waals surface area contributed by atoms with E-state index in [1.54, 1.807) is 19.2 Å². The maximum atomic E-state index is 13.1. The third-order valence-corrected chi connectivity index (χ3v) is 9.64. The molecule has 3 heterocycles. The van der Waals surface area contributed by atoms with Crippen LogP contribution in [0, 0.1) is 12.8 Å². The minimum Gasteiger partial charge on any atom is -0.504 e. The molecule has 1 aromatic carbocycles. The lowest BCUT2D eigenvalue weighted by Crippen LogP contribution is -2.78. The van der Waals surface area contributed by atoms with Gasteiger partial charge in [-0.2, -0.15) is 0 Å². The molecule has 1 aromatic heterocycles. The number of nitrogens with zero attached hydrogens (tertiary/aromatic N) is 3. The number of likely N-dealkylation sites (tertiary alicyclic amines) is 1. The van der Waals surface area contributed by atoms with Crippen LogP contribution in [0.15, 0.2) is 30.5 Å². The first-order valence-corrected chi connectivity index (χ1v) is 13.0. The molecular weight excluding hydrogens is 442 g/mol. The van der Waals surface area contributed by atoms with Crippen molar-refractivity contribution in [3.05, 3.63) is 47.3 Å². The molecule has 0 radical (unpaired) electrons. The largest absolute Gasteiger partial charge is 0.504 e. The molecule has 3 fully saturated rings. The molecule has 2 aromatic rings. The molecule has 7 nitrogen and oxygen atoms in total. The van der Waals surface area contributed by atoms with Gasteiger partial charge in [-0.3, -0.25) is 14.7 Å². The van der Waals surface area contributed by atoms with Crippen molar-refractivity contribution < 1.29 is 19.7 Å². The van der Waals surface area contributed by atoms with E-state index in [1.807, 2.05) is 30.0 Å². The highest BCUT2D eigenvalue weighted by atomic mass is 16.5. The average Bonchev–Trinajstić information content (AvgIpc) is 3.57. The number of pyridine rings is 1. The van der Waals surface area contributed by atoms with Gasteiger partial charge >= 0.3 is 0 Å². The Labute approximate surface area is 205 Å². The second-order valence-corrected chi connectivity index (χ2v) is 11.4. The normalized spacial score (nSPS) is 34.8. The second-order valence-electron chi connectivity index (χ2n) is 11.4. The van der Waals surface area contributed by atoms with Crippen LogP contribution < -0.4 is 9.64 Å². The standard InChI is InChI=1S/C28H33N3O4/c1-16-20(4-3-12-29-16)31(17(2)32)21-9-10-28(34)23-14-19-7-8-22(33)25-24(19)27(28,26(21)35-25)11-13-30(23)15-18-5-6-18/h3-4,7-8,12,18,21,23,26,33-34H,5-6,9-11,13-15H2,1-2H3/t21-,23+,26-,27-,28+/m0/s1. The van der Waals surface area contributed by atoms with Crippen molar-refractivity contribution in [3.8, 4) is 11.5 Å². The Balaban J connectivity index is 1.39. The zero-order valence-electron chi connectivity index (χ0n) is 20.4. The predicted molar refractivity (Wildman–Crippen MR) is 131 cm³/mol. The van der Waals surface area contributed by atoms with E-state index in [-0.39, 0.29) is 23.7 Å². The van der Waals surface area contributed by atoms with Crippen molar-refractivity contribution in [2.24, 2.45) is 5.92 Å². The maximum absolute atomic E-state index is 13.1. The summed E-state index contributed by atoms with van der Waals surface area (Å²) < 4.78 is 6.67. The minimum atomic E-state index is -0.959. The van der Waals surface area contributed by atoms with Crippen molar-refractivity contribution in [1.82, 2.24) is 9.88 Å². The number of phenolic OH excluding ortho intramolecular Hbond substituents is 1. The Hall–Kier alpha value is -2.64. The Morgan fingerprint density at radius 3 is 2.83 bits per heavy atom. The van der Waals surface area contributed by atoms with Gasteiger partial charge in [0.05, 0.1) is 28.4 Å². The Morgan fingerprint density at radius 2 is 2.09 bits per heavy atom. The third-order valence-electron chi connectivity index (χ3n) is 9.64. The average molecular weight is 476 g/mol. The monoisotopic (exact) mass is 475 g/mol. The zero-order chi connectivity index (χ0) is 24.1. The molecule has 3 aliphatic carbocycles. The molecule has 2 N–H and O–H groups in total. The van der Waals surface area contributed by atoms with Crippen LogP contribution in [0.2, 0.25) is 0 Å².